The number of pyridine rings is 1. The predicted octanol–water partition coefficient (Wildman–Crippen LogP) is 4.96. The highest BCUT2D eigenvalue weighted by Gasteiger charge is 2.17. The number of nitrogens with one attached hydrogen (secondary N) is 1. The van der Waals surface area contributed by atoms with Crippen LogP contribution < -0.4 is 5.56 Å². The number of thiophene rings is 1. The molecule has 0 radical (unpaired) electrons. The molecule has 4 rings (SSSR count). The fourth-order valence-electron chi connectivity index (χ4n) is 2.91. The summed E-state index contributed by atoms with van der Waals surface area (Å²) in [6.07, 6.45) is 0. The highest BCUT2D eigenvalue weighted by Crippen LogP contribution is 2.34. The van der Waals surface area contributed by atoms with Gasteiger partial charge in [-0.15, -0.1) is 11.3 Å². The lowest BCUT2D eigenvalue weighted by Gasteiger charge is -2.05. The van der Waals surface area contributed by atoms with Crippen molar-refractivity contribution in [3.8, 4) is 11.4 Å². The van der Waals surface area contributed by atoms with Crippen LogP contribution in [0.5, 0.6) is 0 Å². The number of hydrogen-bond acceptors (Lipinski definition) is 5. The van der Waals surface area contributed by atoms with Gasteiger partial charge < -0.3 is 9.72 Å². The van der Waals surface area contributed by atoms with E-state index in [9.17, 15) is 4.79 Å². The molecule has 0 aliphatic heterocycles. The molecule has 0 bridgehead atoms. The van der Waals surface area contributed by atoms with Gasteiger partial charge in [-0.25, -0.2) is 9.97 Å². The molecule has 0 amide bonds. The Hall–Kier alpha value is -1.99. The number of ether oxygens (including phenoxy) is 1. The minimum absolute atomic E-state index is 0.208. The Morgan fingerprint density at radius 3 is 2.73 bits per heavy atom. The molecule has 0 atom stereocenters. The van der Waals surface area contributed by atoms with Gasteiger partial charge in [-0.2, -0.15) is 0 Å². The van der Waals surface area contributed by atoms with Gasteiger partial charge in [0, 0.05) is 23.8 Å². The number of aromatic nitrogens is 3. The maximum absolute atomic E-state index is 12.6. The van der Waals surface area contributed by atoms with Crippen molar-refractivity contribution >= 4 is 55.0 Å². The number of rotatable bonds is 3. The van der Waals surface area contributed by atoms with E-state index in [2.05, 4.69) is 9.97 Å². The third kappa shape index (κ3) is 2.89. The topological polar surface area (TPSA) is 67.9 Å². The van der Waals surface area contributed by atoms with Crippen LogP contribution in [0.25, 0.3) is 31.8 Å². The molecule has 1 aromatic carbocycles. The summed E-state index contributed by atoms with van der Waals surface area (Å²) in [4.78, 5) is 25.5. The summed E-state index contributed by atoms with van der Waals surface area (Å²) in [6, 6.07) is 7.09. The standard InChI is InChI=1S/C18H13Cl2N3O2S/c1-8-5-10(7-25-2)13-14-15(26-18(13)21-8)17(24)23-16(22-14)9-3-4-11(19)12(20)6-9/h3-6H,7H2,1-2H3,(H,22,23,24). The van der Waals surface area contributed by atoms with Crippen LogP contribution >= 0.6 is 34.5 Å². The van der Waals surface area contributed by atoms with Crippen LogP contribution in [0.3, 0.4) is 0 Å². The number of methoxy groups -OCH3 is 1. The molecule has 0 aliphatic carbocycles. The van der Waals surface area contributed by atoms with Crippen molar-refractivity contribution < 1.29 is 4.74 Å². The van der Waals surface area contributed by atoms with E-state index >= 15 is 0 Å². The van der Waals surface area contributed by atoms with Crippen LogP contribution in [0.4, 0.5) is 0 Å². The fourth-order valence-corrected chi connectivity index (χ4v) is 4.31. The van der Waals surface area contributed by atoms with Crippen LogP contribution in [-0.2, 0) is 11.3 Å². The van der Waals surface area contributed by atoms with Gasteiger partial charge in [-0.05, 0) is 36.8 Å². The zero-order chi connectivity index (χ0) is 18.4. The maximum atomic E-state index is 12.6. The number of aryl methyl sites for hydroxylation is 1. The van der Waals surface area contributed by atoms with Crippen molar-refractivity contribution in [2.45, 2.75) is 13.5 Å². The van der Waals surface area contributed by atoms with E-state index in [-0.39, 0.29) is 5.56 Å². The number of halogens is 2. The molecule has 1 N–H and O–H groups in total. The summed E-state index contributed by atoms with van der Waals surface area (Å²) in [5.41, 5.74) is 2.93. The van der Waals surface area contributed by atoms with Crippen LogP contribution in [0.2, 0.25) is 10.0 Å². The summed E-state index contributed by atoms with van der Waals surface area (Å²) in [7, 11) is 1.64. The molecule has 0 spiro atoms. The summed E-state index contributed by atoms with van der Waals surface area (Å²) in [5.74, 6) is 0.435. The molecule has 8 heteroatoms. The minimum Gasteiger partial charge on any atom is -0.380 e. The second-order valence-corrected chi connectivity index (χ2v) is 7.67. The highest BCUT2D eigenvalue weighted by atomic mass is 35.5. The van der Waals surface area contributed by atoms with Crippen LogP contribution in [0.1, 0.15) is 11.3 Å². The Balaban J connectivity index is 2.05. The average Bonchev–Trinajstić information content (AvgIpc) is 2.96. The maximum Gasteiger partial charge on any atom is 0.269 e. The lowest BCUT2D eigenvalue weighted by molar-refractivity contribution is 0.186. The minimum atomic E-state index is -0.208. The summed E-state index contributed by atoms with van der Waals surface area (Å²) in [6.45, 7) is 2.34. The molecule has 26 heavy (non-hydrogen) atoms. The Morgan fingerprint density at radius 2 is 2.00 bits per heavy atom. The Labute approximate surface area is 162 Å². The SMILES string of the molecule is COCc1cc(C)nc2sc3c(=O)[nH]c(-c4ccc(Cl)c(Cl)c4)nc3c12. The molecule has 3 aromatic heterocycles. The van der Waals surface area contributed by atoms with Gasteiger partial charge in [0.15, 0.2) is 0 Å². The molecule has 0 unspecified atom stereocenters. The molecule has 3 heterocycles. The summed E-state index contributed by atoms with van der Waals surface area (Å²) in [5, 5.41) is 1.70. The zero-order valence-corrected chi connectivity index (χ0v) is 16.2. The van der Waals surface area contributed by atoms with Crippen molar-refractivity contribution in [3.05, 3.63) is 55.9 Å². The predicted molar refractivity (Wildman–Crippen MR) is 106 cm³/mol. The second kappa shape index (κ2) is 6.63. The van der Waals surface area contributed by atoms with Gasteiger partial charge in [-0.1, -0.05) is 23.2 Å². The van der Waals surface area contributed by atoms with E-state index in [1.54, 1.807) is 25.3 Å². The molecule has 0 fully saturated rings. The molecule has 132 valence electrons. The van der Waals surface area contributed by atoms with Crippen molar-refractivity contribution in [1.29, 1.82) is 0 Å². The number of aromatic amines is 1. The monoisotopic (exact) mass is 405 g/mol. The van der Waals surface area contributed by atoms with Gasteiger partial charge in [0.1, 0.15) is 15.4 Å². The van der Waals surface area contributed by atoms with E-state index in [0.717, 1.165) is 21.5 Å². The van der Waals surface area contributed by atoms with E-state index in [1.165, 1.54) is 11.3 Å². The van der Waals surface area contributed by atoms with Gasteiger partial charge in [0.05, 0.1) is 22.2 Å². The zero-order valence-electron chi connectivity index (χ0n) is 13.9. The van der Waals surface area contributed by atoms with Crippen LogP contribution in [0.15, 0.2) is 29.1 Å². The number of fused-ring (bicyclic) bond motifs is 3. The van der Waals surface area contributed by atoms with Crippen LogP contribution in [0, 0.1) is 6.92 Å². The molecule has 5 nitrogen and oxygen atoms in total. The second-order valence-electron chi connectivity index (χ2n) is 5.86. The largest absolute Gasteiger partial charge is 0.380 e. The van der Waals surface area contributed by atoms with Crippen molar-refractivity contribution in [2.24, 2.45) is 0 Å². The lowest BCUT2D eigenvalue weighted by Crippen LogP contribution is -2.07. The van der Waals surface area contributed by atoms with E-state index in [4.69, 9.17) is 32.9 Å². The van der Waals surface area contributed by atoms with E-state index in [0.29, 0.717) is 38.3 Å². The van der Waals surface area contributed by atoms with Crippen molar-refractivity contribution in [1.82, 2.24) is 15.0 Å². The Morgan fingerprint density at radius 1 is 1.19 bits per heavy atom. The quantitative estimate of drug-likeness (QED) is 0.522. The number of benzene rings is 1. The van der Waals surface area contributed by atoms with Gasteiger partial charge in [0.2, 0.25) is 0 Å². The first kappa shape index (κ1) is 17.4. The normalized spacial score (nSPS) is 11.5. The molecule has 4 aromatic rings. The molecule has 0 aliphatic rings. The van der Waals surface area contributed by atoms with Crippen molar-refractivity contribution in [3.63, 3.8) is 0 Å². The summed E-state index contributed by atoms with van der Waals surface area (Å²) >= 11 is 13.4. The first-order valence-electron chi connectivity index (χ1n) is 7.75. The first-order valence-corrected chi connectivity index (χ1v) is 9.32. The lowest BCUT2D eigenvalue weighted by atomic mass is 10.1. The van der Waals surface area contributed by atoms with E-state index < -0.39 is 0 Å². The van der Waals surface area contributed by atoms with Crippen molar-refractivity contribution in [2.75, 3.05) is 7.11 Å². The van der Waals surface area contributed by atoms with E-state index in [1.807, 2.05) is 13.0 Å². The average molecular weight is 406 g/mol. The third-order valence-electron chi connectivity index (χ3n) is 4.00. The molecule has 0 saturated heterocycles. The Kier molecular flexibility index (Phi) is 4.44. The first-order chi connectivity index (χ1) is 12.5. The fraction of sp³-hybridized carbons (Fsp3) is 0.167. The summed E-state index contributed by atoms with van der Waals surface area (Å²) < 4.78 is 5.86. The smallest absolute Gasteiger partial charge is 0.269 e. The highest BCUT2D eigenvalue weighted by molar-refractivity contribution is 7.25. The van der Waals surface area contributed by atoms with Gasteiger partial charge >= 0.3 is 0 Å². The number of H-pyrrole nitrogens is 1. The number of nitrogens with zero attached hydrogens (tertiary/aromatic N) is 2. The van der Waals surface area contributed by atoms with Gasteiger partial charge in [0.25, 0.3) is 5.56 Å². The van der Waals surface area contributed by atoms with Crippen LogP contribution in [-0.4, -0.2) is 22.1 Å². The number of hydrogen-bond donors (Lipinski definition) is 1. The van der Waals surface area contributed by atoms with Gasteiger partial charge in [-0.3, -0.25) is 4.79 Å². The third-order valence-corrected chi connectivity index (χ3v) is 5.81. The molecular formula is C18H13Cl2N3O2S. The molecule has 0 saturated carbocycles. The Bertz CT molecular complexity index is 1220. The molecular weight excluding hydrogens is 393 g/mol.